The van der Waals surface area contributed by atoms with Crippen LogP contribution >= 0.6 is 34.2 Å². The van der Waals surface area contributed by atoms with Gasteiger partial charge in [0.05, 0.1) is 19.8 Å². The van der Waals surface area contributed by atoms with Gasteiger partial charge in [0.15, 0.2) is 0 Å². The van der Waals surface area contributed by atoms with Gasteiger partial charge >= 0.3 is 0 Å². The Morgan fingerprint density at radius 3 is 2.07 bits per heavy atom. The van der Waals surface area contributed by atoms with Crippen molar-refractivity contribution >= 4 is 34.2 Å². The van der Waals surface area contributed by atoms with Crippen molar-refractivity contribution in [3.05, 3.63) is 0 Å². The molecule has 86 valence electrons. The molecule has 0 aromatic rings. The summed E-state index contributed by atoms with van der Waals surface area (Å²) in [6, 6.07) is 0. The Bertz CT molecular complexity index is 92.1. The van der Waals surface area contributed by atoms with Crippen molar-refractivity contribution in [3.8, 4) is 0 Å². The molecule has 0 unspecified atom stereocenters. The highest BCUT2D eigenvalue weighted by molar-refractivity contribution is 14.1. The van der Waals surface area contributed by atoms with Crippen LogP contribution in [0.15, 0.2) is 0 Å². The SMILES string of the molecule is ClCCOCCOCCCCCCI. The lowest BCUT2D eigenvalue weighted by Gasteiger charge is -2.04. The van der Waals surface area contributed by atoms with Crippen molar-refractivity contribution in [2.45, 2.75) is 25.7 Å². The molecule has 0 saturated carbocycles. The Labute approximate surface area is 106 Å². The average Bonchev–Trinajstić information content (AvgIpc) is 2.21. The second-order valence-electron chi connectivity index (χ2n) is 3.02. The van der Waals surface area contributed by atoms with Gasteiger partial charge in [-0.2, -0.15) is 0 Å². The molecule has 0 aliphatic rings. The van der Waals surface area contributed by atoms with E-state index in [1.54, 1.807) is 0 Å². The normalized spacial score (nSPS) is 10.7. The van der Waals surface area contributed by atoms with Gasteiger partial charge in [0.1, 0.15) is 0 Å². The lowest BCUT2D eigenvalue weighted by molar-refractivity contribution is 0.0520. The Morgan fingerprint density at radius 1 is 0.786 bits per heavy atom. The van der Waals surface area contributed by atoms with Gasteiger partial charge in [0.25, 0.3) is 0 Å². The Hall–Kier alpha value is 0.940. The molecule has 0 aromatic carbocycles. The highest BCUT2D eigenvalue weighted by Gasteiger charge is 1.91. The summed E-state index contributed by atoms with van der Waals surface area (Å²) in [5, 5.41) is 0. The average molecular weight is 335 g/mol. The third kappa shape index (κ3) is 12.9. The number of ether oxygens (including phenoxy) is 2. The van der Waals surface area contributed by atoms with Crippen LogP contribution in [0.3, 0.4) is 0 Å². The summed E-state index contributed by atoms with van der Waals surface area (Å²) in [5.74, 6) is 0.566. The molecule has 0 bridgehead atoms. The van der Waals surface area contributed by atoms with Crippen LogP contribution in [0.25, 0.3) is 0 Å². The number of alkyl halides is 2. The predicted molar refractivity (Wildman–Crippen MR) is 69.7 cm³/mol. The molecule has 0 aliphatic carbocycles. The second kappa shape index (κ2) is 13.9. The second-order valence-corrected chi connectivity index (χ2v) is 4.47. The summed E-state index contributed by atoms with van der Waals surface area (Å²) < 4.78 is 11.8. The minimum absolute atomic E-state index is 0.566. The monoisotopic (exact) mass is 334 g/mol. The number of rotatable bonds is 11. The van der Waals surface area contributed by atoms with Crippen LogP contribution in [0, 0.1) is 0 Å². The van der Waals surface area contributed by atoms with Crippen molar-refractivity contribution in [3.63, 3.8) is 0 Å². The maximum atomic E-state index is 5.45. The predicted octanol–water partition coefficient (Wildman–Crippen LogP) is 3.25. The van der Waals surface area contributed by atoms with Gasteiger partial charge in [-0.3, -0.25) is 0 Å². The highest BCUT2D eigenvalue weighted by atomic mass is 127. The maximum absolute atomic E-state index is 5.45. The third-order valence-electron chi connectivity index (χ3n) is 1.77. The van der Waals surface area contributed by atoms with Crippen LogP contribution in [-0.4, -0.2) is 36.7 Å². The zero-order valence-corrected chi connectivity index (χ0v) is 11.6. The van der Waals surface area contributed by atoms with E-state index in [4.69, 9.17) is 21.1 Å². The molecule has 0 heterocycles. The molecule has 0 N–H and O–H groups in total. The molecule has 14 heavy (non-hydrogen) atoms. The van der Waals surface area contributed by atoms with Crippen LogP contribution in [0.2, 0.25) is 0 Å². The minimum atomic E-state index is 0.566. The first-order valence-corrected chi connectivity index (χ1v) is 7.25. The largest absolute Gasteiger partial charge is 0.379 e. The van der Waals surface area contributed by atoms with E-state index >= 15 is 0 Å². The van der Waals surface area contributed by atoms with Gasteiger partial charge in [-0.25, -0.2) is 0 Å². The Morgan fingerprint density at radius 2 is 1.43 bits per heavy atom. The molecule has 0 aliphatic heterocycles. The van der Waals surface area contributed by atoms with E-state index in [2.05, 4.69) is 22.6 Å². The number of hydrogen-bond donors (Lipinski definition) is 0. The van der Waals surface area contributed by atoms with Gasteiger partial charge in [0, 0.05) is 12.5 Å². The van der Waals surface area contributed by atoms with E-state index in [-0.39, 0.29) is 0 Å². The third-order valence-corrected chi connectivity index (χ3v) is 2.68. The molecule has 2 nitrogen and oxygen atoms in total. The first kappa shape index (κ1) is 14.9. The van der Waals surface area contributed by atoms with E-state index in [1.807, 2.05) is 0 Å². The standard InChI is InChI=1S/C10H20ClIO2/c11-5-8-14-10-9-13-7-4-2-1-3-6-12/h1-10H2. The van der Waals surface area contributed by atoms with Crippen LogP contribution in [0.1, 0.15) is 25.7 Å². The molecule has 0 saturated heterocycles. The number of halogens is 2. The summed E-state index contributed by atoms with van der Waals surface area (Å²) in [7, 11) is 0. The molecule has 0 spiro atoms. The smallest absolute Gasteiger partial charge is 0.0701 e. The van der Waals surface area contributed by atoms with Crippen molar-refractivity contribution in [1.82, 2.24) is 0 Å². The minimum Gasteiger partial charge on any atom is -0.379 e. The Balaban J connectivity index is 2.78. The van der Waals surface area contributed by atoms with E-state index in [0.29, 0.717) is 25.7 Å². The lowest BCUT2D eigenvalue weighted by Crippen LogP contribution is -2.06. The van der Waals surface area contributed by atoms with E-state index in [9.17, 15) is 0 Å². The quantitative estimate of drug-likeness (QED) is 0.328. The van der Waals surface area contributed by atoms with Gasteiger partial charge < -0.3 is 9.47 Å². The van der Waals surface area contributed by atoms with Crippen LogP contribution < -0.4 is 0 Å². The van der Waals surface area contributed by atoms with Gasteiger partial charge in [-0.15, -0.1) is 11.6 Å². The number of hydrogen-bond acceptors (Lipinski definition) is 2. The van der Waals surface area contributed by atoms with Crippen molar-refractivity contribution < 1.29 is 9.47 Å². The van der Waals surface area contributed by atoms with E-state index in [1.165, 1.54) is 30.1 Å². The van der Waals surface area contributed by atoms with E-state index in [0.717, 1.165) is 6.61 Å². The molecule has 0 aromatic heterocycles. The maximum Gasteiger partial charge on any atom is 0.0701 e. The lowest BCUT2D eigenvalue weighted by atomic mass is 10.2. The molecule has 4 heteroatoms. The fourth-order valence-corrected chi connectivity index (χ4v) is 1.68. The summed E-state index contributed by atoms with van der Waals surface area (Å²) in [6.45, 7) is 2.86. The topological polar surface area (TPSA) is 18.5 Å². The summed E-state index contributed by atoms with van der Waals surface area (Å²) in [6.07, 6.45) is 5.12. The molecule has 0 atom stereocenters. The fourth-order valence-electron chi connectivity index (χ4n) is 1.03. The Kier molecular flexibility index (Phi) is 14.9. The molecule has 0 radical (unpaired) electrons. The summed E-state index contributed by atoms with van der Waals surface area (Å²) in [4.78, 5) is 0. The van der Waals surface area contributed by atoms with Crippen LogP contribution in [-0.2, 0) is 9.47 Å². The molecule has 0 rings (SSSR count). The zero-order valence-electron chi connectivity index (χ0n) is 8.64. The highest BCUT2D eigenvalue weighted by Crippen LogP contribution is 2.02. The zero-order chi connectivity index (χ0) is 10.5. The molecular weight excluding hydrogens is 314 g/mol. The van der Waals surface area contributed by atoms with Crippen LogP contribution in [0.5, 0.6) is 0 Å². The first-order chi connectivity index (χ1) is 6.91. The summed E-state index contributed by atoms with van der Waals surface area (Å²) in [5.41, 5.74) is 0. The van der Waals surface area contributed by atoms with Gasteiger partial charge in [-0.1, -0.05) is 35.4 Å². The van der Waals surface area contributed by atoms with Crippen molar-refractivity contribution in [2.75, 3.05) is 36.7 Å². The molecule has 0 fully saturated rings. The van der Waals surface area contributed by atoms with Crippen molar-refractivity contribution in [1.29, 1.82) is 0 Å². The van der Waals surface area contributed by atoms with E-state index < -0.39 is 0 Å². The van der Waals surface area contributed by atoms with Crippen molar-refractivity contribution in [2.24, 2.45) is 0 Å². The molecule has 0 amide bonds. The van der Waals surface area contributed by atoms with Crippen LogP contribution in [0.4, 0.5) is 0 Å². The fraction of sp³-hybridized carbons (Fsp3) is 1.00. The summed E-state index contributed by atoms with van der Waals surface area (Å²) >= 11 is 7.86. The number of unbranched alkanes of at least 4 members (excludes halogenated alkanes) is 3. The van der Waals surface area contributed by atoms with Gasteiger partial charge in [-0.05, 0) is 17.3 Å². The van der Waals surface area contributed by atoms with Gasteiger partial charge in [0.2, 0.25) is 0 Å². The first-order valence-electron chi connectivity index (χ1n) is 5.19. The molecular formula is C10H20ClIO2.